The lowest BCUT2D eigenvalue weighted by Crippen LogP contribution is -2.47. The van der Waals surface area contributed by atoms with E-state index in [1.807, 2.05) is 20.8 Å². The molecule has 2 aromatic rings. The largest absolute Gasteiger partial charge is 0.494 e. The Labute approximate surface area is 181 Å². The molecule has 1 aliphatic carbocycles. The van der Waals surface area contributed by atoms with E-state index in [1.165, 1.54) is 0 Å². The molecule has 1 heterocycles. The number of nitrogens with one attached hydrogen (secondary N) is 2. The molecule has 1 aromatic heterocycles. The van der Waals surface area contributed by atoms with Crippen LogP contribution in [-0.2, 0) is 11.2 Å². The van der Waals surface area contributed by atoms with Gasteiger partial charge in [0.1, 0.15) is 17.3 Å². The van der Waals surface area contributed by atoms with Crippen LogP contribution in [-0.4, -0.2) is 30.3 Å². The molecule has 0 aliphatic heterocycles. The van der Waals surface area contributed by atoms with Gasteiger partial charge in [-0.25, -0.2) is 0 Å². The van der Waals surface area contributed by atoms with E-state index in [1.54, 1.807) is 38.1 Å². The second-order valence-corrected chi connectivity index (χ2v) is 8.40. The summed E-state index contributed by atoms with van der Waals surface area (Å²) in [5, 5.41) is 0. The lowest BCUT2D eigenvalue weighted by Gasteiger charge is -2.27. The Kier molecular flexibility index (Phi) is 6.38. The average molecular weight is 428 g/mol. The average Bonchev–Trinajstić information content (AvgIpc) is 3.02. The van der Waals surface area contributed by atoms with Gasteiger partial charge in [-0.05, 0) is 50.5 Å². The molecule has 31 heavy (non-hydrogen) atoms. The monoisotopic (exact) mass is 428 g/mol. The second-order valence-electron chi connectivity index (χ2n) is 8.40. The normalized spacial score (nSPS) is 15.6. The number of benzene rings is 1. The molecule has 0 radical (unpaired) electrons. The number of hydrogen-bond acceptors (Lipinski definition) is 6. The Morgan fingerprint density at radius 3 is 2.42 bits per heavy atom. The van der Waals surface area contributed by atoms with Crippen molar-refractivity contribution in [3.8, 4) is 11.5 Å². The Morgan fingerprint density at radius 2 is 1.77 bits per heavy atom. The number of amides is 2. The maximum atomic E-state index is 12.6. The van der Waals surface area contributed by atoms with Crippen LogP contribution < -0.4 is 20.3 Å². The summed E-state index contributed by atoms with van der Waals surface area (Å²) >= 11 is 0. The number of carbonyl (C=O) groups is 3. The summed E-state index contributed by atoms with van der Waals surface area (Å²) in [5.41, 5.74) is 5.41. The van der Waals surface area contributed by atoms with Gasteiger partial charge < -0.3 is 13.9 Å². The summed E-state index contributed by atoms with van der Waals surface area (Å²) in [7, 11) is 0. The molecule has 2 N–H and O–H groups in total. The van der Waals surface area contributed by atoms with E-state index >= 15 is 0 Å². The van der Waals surface area contributed by atoms with Crippen LogP contribution in [0, 0.1) is 12.3 Å². The van der Waals surface area contributed by atoms with E-state index in [-0.39, 0.29) is 17.0 Å². The summed E-state index contributed by atoms with van der Waals surface area (Å²) in [6, 6.07) is 6.88. The van der Waals surface area contributed by atoms with Crippen molar-refractivity contribution in [3.63, 3.8) is 0 Å². The summed E-state index contributed by atoms with van der Waals surface area (Å²) < 4.78 is 16.6. The standard InChI is InChI=1S/C23H28N2O6/c1-6-29-15-7-9-16(10-8-15)30-14(3)21(27)24-25-22(28)20-13(2)19-17(26)11-23(4,5)12-18(19)31-20/h7-10,14H,6,11-12H2,1-5H3,(H,24,27)(H,25,28). The number of ether oxygens (including phenoxy) is 2. The minimum Gasteiger partial charge on any atom is -0.494 e. The number of hydrogen-bond donors (Lipinski definition) is 2. The summed E-state index contributed by atoms with van der Waals surface area (Å²) in [6.07, 6.45) is 0.117. The lowest BCUT2D eigenvalue weighted by atomic mass is 9.76. The molecule has 1 atom stereocenters. The third kappa shape index (κ3) is 5.07. The first-order valence-corrected chi connectivity index (χ1v) is 10.3. The van der Waals surface area contributed by atoms with Crippen LogP contribution in [0.15, 0.2) is 28.7 Å². The molecule has 0 bridgehead atoms. The maximum Gasteiger partial charge on any atom is 0.305 e. The van der Waals surface area contributed by atoms with Gasteiger partial charge in [-0.1, -0.05) is 13.8 Å². The van der Waals surface area contributed by atoms with Gasteiger partial charge in [-0.2, -0.15) is 0 Å². The second kappa shape index (κ2) is 8.83. The van der Waals surface area contributed by atoms with Gasteiger partial charge in [-0.3, -0.25) is 25.2 Å². The van der Waals surface area contributed by atoms with Crippen LogP contribution in [0.4, 0.5) is 0 Å². The van der Waals surface area contributed by atoms with Crippen molar-refractivity contribution >= 4 is 17.6 Å². The highest BCUT2D eigenvalue weighted by Crippen LogP contribution is 2.38. The van der Waals surface area contributed by atoms with Crippen LogP contribution in [0.3, 0.4) is 0 Å². The number of carbonyl (C=O) groups excluding carboxylic acids is 3. The van der Waals surface area contributed by atoms with Crippen molar-refractivity contribution in [2.45, 2.75) is 53.6 Å². The number of furan rings is 1. The minimum atomic E-state index is -0.855. The van der Waals surface area contributed by atoms with E-state index in [4.69, 9.17) is 13.9 Å². The topological polar surface area (TPSA) is 107 Å². The molecule has 8 nitrogen and oxygen atoms in total. The molecule has 1 aromatic carbocycles. The predicted octanol–water partition coefficient (Wildman–Crippen LogP) is 3.37. The molecule has 3 rings (SSSR count). The fraction of sp³-hybridized carbons (Fsp3) is 0.435. The zero-order chi connectivity index (χ0) is 22.8. The molecule has 166 valence electrons. The van der Waals surface area contributed by atoms with Crippen LogP contribution in [0.5, 0.6) is 11.5 Å². The Balaban J connectivity index is 1.59. The van der Waals surface area contributed by atoms with Crippen LogP contribution in [0.2, 0.25) is 0 Å². The molecular formula is C23H28N2O6. The molecule has 1 aliphatic rings. The molecule has 0 fully saturated rings. The fourth-order valence-electron chi connectivity index (χ4n) is 3.61. The highest BCUT2D eigenvalue weighted by molar-refractivity contribution is 6.04. The van der Waals surface area contributed by atoms with E-state index < -0.39 is 17.9 Å². The lowest BCUT2D eigenvalue weighted by molar-refractivity contribution is -0.128. The van der Waals surface area contributed by atoms with Crippen molar-refractivity contribution in [1.29, 1.82) is 0 Å². The molecule has 0 saturated heterocycles. The van der Waals surface area contributed by atoms with Gasteiger partial charge in [0.15, 0.2) is 17.6 Å². The first-order valence-electron chi connectivity index (χ1n) is 10.3. The maximum absolute atomic E-state index is 12.6. The minimum absolute atomic E-state index is 0.0245. The smallest absolute Gasteiger partial charge is 0.305 e. The van der Waals surface area contributed by atoms with Crippen molar-refractivity contribution in [3.05, 3.63) is 46.9 Å². The number of ketones is 1. The van der Waals surface area contributed by atoms with Gasteiger partial charge in [0, 0.05) is 18.4 Å². The van der Waals surface area contributed by atoms with E-state index in [0.29, 0.717) is 47.8 Å². The van der Waals surface area contributed by atoms with Crippen LogP contribution in [0.1, 0.15) is 66.4 Å². The number of hydrazine groups is 1. The van der Waals surface area contributed by atoms with Gasteiger partial charge >= 0.3 is 5.91 Å². The summed E-state index contributed by atoms with van der Waals surface area (Å²) in [4.78, 5) is 37.3. The number of fused-ring (bicyclic) bond motifs is 1. The van der Waals surface area contributed by atoms with Gasteiger partial charge in [0.25, 0.3) is 5.91 Å². The zero-order valence-corrected chi connectivity index (χ0v) is 18.5. The van der Waals surface area contributed by atoms with E-state index in [2.05, 4.69) is 10.9 Å². The van der Waals surface area contributed by atoms with E-state index in [0.717, 1.165) is 0 Å². The predicted molar refractivity (Wildman–Crippen MR) is 113 cm³/mol. The van der Waals surface area contributed by atoms with Gasteiger partial charge in [0.2, 0.25) is 0 Å². The first-order chi connectivity index (χ1) is 14.6. The fourth-order valence-corrected chi connectivity index (χ4v) is 3.61. The quantitative estimate of drug-likeness (QED) is 0.683. The van der Waals surface area contributed by atoms with Crippen LogP contribution >= 0.6 is 0 Å². The van der Waals surface area contributed by atoms with E-state index in [9.17, 15) is 14.4 Å². The Morgan fingerprint density at radius 1 is 1.13 bits per heavy atom. The number of rotatable bonds is 6. The molecule has 1 unspecified atom stereocenters. The Bertz CT molecular complexity index is 990. The first kappa shape index (κ1) is 22.4. The number of Topliss-reactive ketones (excluding diaryl/α,β-unsaturated/α-hetero) is 1. The molecule has 0 saturated carbocycles. The molecular weight excluding hydrogens is 400 g/mol. The van der Waals surface area contributed by atoms with Gasteiger partial charge in [-0.15, -0.1) is 0 Å². The highest BCUT2D eigenvalue weighted by Gasteiger charge is 2.37. The third-order valence-corrected chi connectivity index (χ3v) is 5.10. The van der Waals surface area contributed by atoms with Gasteiger partial charge in [0.05, 0.1) is 12.2 Å². The van der Waals surface area contributed by atoms with Crippen molar-refractivity contribution in [1.82, 2.24) is 10.9 Å². The van der Waals surface area contributed by atoms with Crippen molar-refractivity contribution < 1.29 is 28.3 Å². The summed E-state index contributed by atoms with van der Waals surface area (Å²) in [5.74, 6) is 0.546. The molecule has 2 amide bonds. The van der Waals surface area contributed by atoms with Crippen LogP contribution in [0.25, 0.3) is 0 Å². The van der Waals surface area contributed by atoms with Crippen molar-refractivity contribution in [2.75, 3.05) is 6.61 Å². The Hall–Kier alpha value is -3.29. The SMILES string of the molecule is CCOc1ccc(OC(C)C(=O)NNC(=O)c2oc3c(c2C)C(=O)CC(C)(C)C3)cc1. The summed E-state index contributed by atoms with van der Waals surface area (Å²) in [6.45, 7) is 9.66. The van der Waals surface area contributed by atoms with Crippen molar-refractivity contribution in [2.24, 2.45) is 5.41 Å². The highest BCUT2D eigenvalue weighted by atomic mass is 16.5. The zero-order valence-electron chi connectivity index (χ0n) is 18.5. The molecule has 0 spiro atoms. The third-order valence-electron chi connectivity index (χ3n) is 5.10. The molecule has 8 heteroatoms.